The number of carbonyl (C=O) groups is 2. The Balaban J connectivity index is 1.53. The molecule has 164 valence electrons. The molecule has 31 heavy (non-hydrogen) atoms. The van der Waals surface area contributed by atoms with Crippen molar-refractivity contribution in [1.29, 1.82) is 0 Å². The molecule has 3 atom stereocenters. The summed E-state index contributed by atoms with van der Waals surface area (Å²) in [6.07, 6.45) is 5.25. The summed E-state index contributed by atoms with van der Waals surface area (Å²) in [6.45, 7) is 8.31. The number of morpholine rings is 1. The molecule has 8 nitrogen and oxygen atoms in total. The molecule has 2 aromatic rings. The van der Waals surface area contributed by atoms with Crippen molar-refractivity contribution in [3.63, 3.8) is 0 Å². The van der Waals surface area contributed by atoms with Crippen molar-refractivity contribution in [3.8, 4) is 0 Å². The number of amides is 2. The van der Waals surface area contributed by atoms with Gasteiger partial charge in [0.15, 0.2) is 0 Å². The number of ether oxygens (including phenoxy) is 1. The minimum Gasteiger partial charge on any atom is -0.378 e. The molecule has 3 unspecified atom stereocenters. The first-order chi connectivity index (χ1) is 15.2. The predicted molar refractivity (Wildman–Crippen MR) is 117 cm³/mol. The molecular formula is C23H29N5O3. The van der Waals surface area contributed by atoms with Crippen molar-refractivity contribution in [3.05, 3.63) is 42.2 Å². The fourth-order valence-corrected chi connectivity index (χ4v) is 5.30. The molecule has 0 radical (unpaired) electrons. The highest BCUT2D eigenvalue weighted by atomic mass is 16.5. The van der Waals surface area contributed by atoms with E-state index in [-0.39, 0.29) is 29.7 Å². The number of fused-ring (bicyclic) bond motifs is 2. The van der Waals surface area contributed by atoms with Gasteiger partial charge in [0.2, 0.25) is 5.91 Å². The van der Waals surface area contributed by atoms with Crippen LogP contribution in [0.1, 0.15) is 34.7 Å². The van der Waals surface area contributed by atoms with Crippen LogP contribution in [0.3, 0.4) is 0 Å². The van der Waals surface area contributed by atoms with Gasteiger partial charge in [-0.2, -0.15) is 0 Å². The predicted octanol–water partition coefficient (Wildman–Crippen LogP) is 1.52. The van der Waals surface area contributed by atoms with E-state index in [0.29, 0.717) is 45.0 Å². The summed E-state index contributed by atoms with van der Waals surface area (Å²) in [7, 11) is 0. The SMILES string of the molecule is C=CCCN1CC(c2cc(C(=O)N3CCOCC3)cc3[nH]cnc23)C2CCNC2C1=O. The Morgan fingerprint density at radius 2 is 2.16 bits per heavy atom. The van der Waals surface area contributed by atoms with Gasteiger partial charge < -0.3 is 24.8 Å². The first-order valence-corrected chi connectivity index (χ1v) is 11.1. The Morgan fingerprint density at radius 3 is 2.97 bits per heavy atom. The maximum atomic E-state index is 13.2. The highest BCUT2D eigenvalue weighted by Gasteiger charge is 2.46. The zero-order valence-corrected chi connectivity index (χ0v) is 17.7. The Kier molecular flexibility index (Phi) is 5.50. The Morgan fingerprint density at radius 1 is 1.32 bits per heavy atom. The number of nitrogens with zero attached hydrogens (tertiary/aromatic N) is 3. The fraction of sp³-hybridized carbons (Fsp3) is 0.522. The second-order valence-corrected chi connectivity index (χ2v) is 8.62. The van der Waals surface area contributed by atoms with E-state index in [4.69, 9.17) is 4.74 Å². The third-order valence-electron chi connectivity index (χ3n) is 6.88. The van der Waals surface area contributed by atoms with Gasteiger partial charge in [-0.05, 0) is 43.0 Å². The fourth-order valence-electron chi connectivity index (χ4n) is 5.30. The molecule has 8 heteroatoms. The summed E-state index contributed by atoms with van der Waals surface area (Å²) in [5.74, 6) is 0.545. The smallest absolute Gasteiger partial charge is 0.254 e. The van der Waals surface area contributed by atoms with Crippen LogP contribution in [0.2, 0.25) is 0 Å². The lowest BCUT2D eigenvalue weighted by molar-refractivity contribution is -0.137. The number of rotatable bonds is 5. The van der Waals surface area contributed by atoms with E-state index in [1.807, 2.05) is 28.0 Å². The number of nitrogens with one attached hydrogen (secondary N) is 2. The summed E-state index contributed by atoms with van der Waals surface area (Å²) in [6, 6.07) is 3.75. The van der Waals surface area contributed by atoms with Gasteiger partial charge in [-0.1, -0.05) is 6.08 Å². The zero-order chi connectivity index (χ0) is 21.4. The summed E-state index contributed by atoms with van der Waals surface area (Å²) in [4.78, 5) is 37.8. The van der Waals surface area contributed by atoms with Crippen LogP contribution >= 0.6 is 0 Å². The van der Waals surface area contributed by atoms with Crippen molar-refractivity contribution < 1.29 is 14.3 Å². The molecular weight excluding hydrogens is 394 g/mol. The number of hydrogen-bond acceptors (Lipinski definition) is 5. The lowest BCUT2D eigenvalue weighted by atomic mass is 9.77. The second kappa shape index (κ2) is 8.43. The zero-order valence-electron chi connectivity index (χ0n) is 17.7. The number of aromatic nitrogens is 2. The van der Waals surface area contributed by atoms with Gasteiger partial charge in [0.25, 0.3) is 5.91 Å². The van der Waals surface area contributed by atoms with E-state index in [0.717, 1.165) is 36.0 Å². The van der Waals surface area contributed by atoms with Crippen LogP contribution in [-0.2, 0) is 9.53 Å². The third-order valence-corrected chi connectivity index (χ3v) is 6.88. The van der Waals surface area contributed by atoms with Crippen LogP contribution in [-0.4, -0.2) is 83.6 Å². The molecule has 0 aliphatic carbocycles. The van der Waals surface area contributed by atoms with E-state index in [1.165, 1.54) is 0 Å². The van der Waals surface area contributed by atoms with Crippen LogP contribution in [0.5, 0.6) is 0 Å². The number of imidazole rings is 1. The van der Waals surface area contributed by atoms with Crippen molar-refractivity contribution >= 4 is 22.8 Å². The van der Waals surface area contributed by atoms with Crippen LogP contribution in [0.4, 0.5) is 0 Å². The van der Waals surface area contributed by atoms with Gasteiger partial charge in [-0.15, -0.1) is 6.58 Å². The monoisotopic (exact) mass is 423 g/mol. The highest BCUT2D eigenvalue weighted by Crippen LogP contribution is 2.40. The minimum atomic E-state index is -0.170. The van der Waals surface area contributed by atoms with Crippen molar-refractivity contribution in [1.82, 2.24) is 25.1 Å². The molecule has 3 saturated heterocycles. The number of aromatic amines is 1. The first-order valence-electron chi connectivity index (χ1n) is 11.1. The Labute approximate surface area is 181 Å². The minimum absolute atomic E-state index is 0.0255. The quantitative estimate of drug-likeness (QED) is 0.712. The largest absolute Gasteiger partial charge is 0.378 e. The van der Waals surface area contributed by atoms with Gasteiger partial charge in [0.05, 0.1) is 36.6 Å². The maximum absolute atomic E-state index is 13.2. The molecule has 3 fully saturated rings. The molecule has 2 amide bonds. The molecule has 5 rings (SSSR count). The standard InChI is InChI=1S/C23H29N5O3/c1-2-3-6-28-13-18(16-4-5-24-21(16)23(28)30)17-11-15(12-19-20(17)26-14-25-19)22(29)27-7-9-31-10-8-27/h2,11-12,14,16,18,21,24H,1,3-10,13H2,(H,25,26). The number of piperidine rings is 1. The number of H-pyrrole nitrogens is 1. The first kappa shape index (κ1) is 20.2. The number of likely N-dealkylation sites (tertiary alicyclic amines) is 1. The average Bonchev–Trinajstić information content (AvgIpc) is 3.48. The van der Waals surface area contributed by atoms with Crippen LogP contribution in [0.15, 0.2) is 31.1 Å². The summed E-state index contributed by atoms with van der Waals surface area (Å²) < 4.78 is 5.40. The molecule has 0 spiro atoms. The van der Waals surface area contributed by atoms with Gasteiger partial charge in [-0.3, -0.25) is 9.59 Å². The molecule has 4 heterocycles. The Bertz CT molecular complexity index is 996. The van der Waals surface area contributed by atoms with Crippen molar-refractivity contribution in [2.75, 3.05) is 45.9 Å². The second-order valence-electron chi connectivity index (χ2n) is 8.62. The third kappa shape index (κ3) is 3.64. The molecule has 1 aromatic carbocycles. The maximum Gasteiger partial charge on any atom is 0.254 e. The Hall–Kier alpha value is -2.71. The summed E-state index contributed by atoms with van der Waals surface area (Å²) >= 11 is 0. The molecule has 0 saturated carbocycles. The topological polar surface area (TPSA) is 90.6 Å². The van der Waals surface area contributed by atoms with Crippen molar-refractivity contribution in [2.24, 2.45) is 5.92 Å². The summed E-state index contributed by atoms with van der Waals surface area (Å²) in [5, 5.41) is 3.41. The van der Waals surface area contributed by atoms with E-state index in [9.17, 15) is 9.59 Å². The molecule has 2 N–H and O–H groups in total. The lowest BCUT2D eigenvalue weighted by Crippen LogP contribution is -2.54. The lowest BCUT2D eigenvalue weighted by Gasteiger charge is -2.40. The van der Waals surface area contributed by atoms with Gasteiger partial charge >= 0.3 is 0 Å². The van der Waals surface area contributed by atoms with Crippen LogP contribution in [0.25, 0.3) is 11.0 Å². The number of carbonyl (C=O) groups excluding carboxylic acids is 2. The summed E-state index contributed by atoms with van der Waals surface area (Å²) in [5.41, 5.74) is 3.49. The molecule has 1 aromatic heterocycles. The number of hydrogen-bond donors (Lipinski definition) is 2. The normalized spacial score (nSPS) is 26.3. The molecule has 0 bridgehead atoms. The number of benzene rings is 1. The van der Waals surface area contributed by atoms with E-state index in [2.05, 4.69) is 21.9 Å². The van der Waals surface area contributed by atoms with Gasteiger partial charge in [0, 0.05) is 37.7 Å². The molecule has 3 aliphatic rings. The highest BCUT2D eigenvalue weighted by molar-refractivity contribution is 5.98. The van der Waals surface area contributed by atoms with Gasteiger partial charge in [-0.25, -0.2) is 4.98 Å². The van der Waals surface area contributed by atoms with Crippen molar-refractivity contribution in [2.45, 2.75) is 24.8 Å². The van der Waals surface area contributed by atoms with E-state index in [1.54, 1.807) is 6.33 Å². The van der Waals surface area contributed by atoms with Crippen LogP contribution in [0, 0.1) is 5.92 Å². The van der Waals surface area contributed by atoms with E-state index < -0.39 is 0 Å². The van der Waals surface area contributed by atoms with Crippen LogP contribution < -0.4 is 5.32 Å². The molecule has 3 aliphatic heterocycles. The van der Waals surface area contributed by atoms with Gasteiger partial charge in [0.1, 0.15) is 0 Å². The average molecular weight is 424 g/mol. The van der Waals surface area contributed by atoms with E-state index >= 15 is 0 Å².